The molecule has 3 nitrogen and oxygen atoms in total. The van der Waals surface area contributed by atoms with Crippen molar-refractivity contribution in [3.8, 4) is 0 Å². The number of likely N-dealkylation sites (tertiary alicyclic amines) is 1. The summed E-state index contributed by atoms with van der Waals surface area (Å²) in [6.45, 7) is 3.14. The number of nitrogens with zero attached hydrogens (tertiary/aromatic N) is 1. The van der Waals surface area contributed by atoms with Gasteiger partial charge in [0.05, 0.1) is 18.6 Å². The second kappa shape index (κ2) is 6.92. The molecule has 0 bridgehead atoms. The largest absolute Gasteiger partial charge is 0.472 e. The summed E-state index contributed by atoms with van der Waals surface area (Å²) in [5.41, 5.74) is 2.65. The van der Waals surface area contributed by atoms with Crippen LogP contribution in [0.25, 0.3) is 0 Å². The fraction of sp³-hybridized carbons (Fsp3) is 0.444. The van der Waals surface area contributed by atoms with Crippen LogP contribution in [0.5, 0.6) is 0 Å². The lowest BCUT2D eigenvalue weighted by Crippen LogP contribution is -2.44. The summed E-state index contributed by atoms with van der Waals surface area (Å²) >= 11 is 0. The quantitative estimate of drug-likeness (QED) is 0.842. The predicted molar refractivity (Wildman–Crippen MR) is 83.0 cm³/mol. The lowest BCUT2D eigenvalue weighted by Gasteiger charge is -2.38. The Kier molecular flexibility index (Phi) is 4.73. The molecule has 2 atom stereocenters. The summed E-state index contributed by atoms with van der Waals surface area (Å²) in [4.78, 5) is 2.51. The minimum absolute atomic E-state index is 0.366. The summed E-state index contributed by atoms with van der Waals surface area (Å²) in [5, 5.41) is 0. The first kappa shape index (κ1) is 14.4. The Bertz CT molecular complexity index is 523. The molecule has 1 saturated heterocycles. The van der Waals surface area contributed by atoms with Gasteiger partial charge in [0.25, 0.3) is 0 Å². The average molecular weight is 285 g/mol. The fourth-order valence-corrected chi connectivity index (χ4v) is 3.29. The van der Waals surface area contributed by atoms with Gasteiger partial charge in [0.2, 0.25) is 0 Å². The number of piperidine rings is 1. The Morgan fingerprint density at radius 3 is 2.76 bits per heavy atom. The van der Waals surface area contributed by atoms with Crippen molar-refractivity contribution in [2.45, 2.75) is 25.5 Å². The minimum Gasteiger partial charge on any atom is -0.472 e. The van der Waals surface area contributed by atoms with Gasteiger partial charge in [-0.1, -0.05) is 30.3 Å². The first-order valence-electron chi connectivity index (χ1n) is 7.65. The molecule has 112 valence electrons. The van der Waals surface area contributed by atoms with Crippen molar-refractivity contribution in [3.63, 3.8) is 0 Å². The molecule has 1 aromatic heterocycles. The zero-order valence-corrected chi connectivity index (χ0v) is 12.6. The third kappa shape index (κ3) is 3.74. The summed E-state index contributed by atoms with van der Waals surface area (Å²) in [6, 6.07) is 12.8. The van der Waals surface area contributed by atoms with Gasteiger partial charge in [-0.2, -0.15) is 0 Å². The molecule has 21 heavy (non-hydrogen) atoms. The number of hydrogen-bond acceptors (Lipinski definition) is 3. The minimum atomic E-state index is 0.366. The zero-order chi connectivity index (χ0) is 14.5. The van der Waals surface area contributed by atoms with E-state index in [9.17, 15) is 0 Å². The van der Waals surface area contributed by atoms with Gasteiger partial charge in [0.1, 0.15) is 0 Å². The SMILES string of the molecule is CO[C@@H]1CCN(Cc2ccoc2)C[C@H]1Cc1ccccc1. The smallest absolute Gasteiger partial charge is 0.0947 e. The maximum absolute atomic E-state index is 5.71. The van der Waals surface area contributed by atoms with E-state index in [1.807, 2.05) is 13.4 Å². The molecule has 2 aromatic rings. The van der Waals surface area contributed by atoms with Crippen LogP contribution in [0.2, 0.25) is 0 Å². The van der Waals surface area contributed by atoms with Crippen molar-refractivity contribution in [1.82, 2.24) is 4.90 Å². The average Bonchev–Trinajstić information content (AvgIpc) is 3.02. The normalized spacial score (nSPS) is 23.3. The van der Waals surface area contributed by atoms with E-state index >= 15 is 0 Å². The van der Waals surface area contributed by atoms with Crippen LogP contribution in [-0.4, -0.2) is 31.2 Å². The van der Waals surface area contributed by atoms with E-state index in [-0.39, 0.29) is 0 Å². The fourth-order valence-electron chi connectivity index (χ4n) is 3.29. The molecule has 3 rings (SSSR count). The van der Waals surface area contributed by atoms with E-state index in [1.165, 1.54) is 11.1 Å². The van der Waals surface area contributed by atoms with Crippen LogP contribution < -0.4 is 0 Å². The van der Waals surface area contributed by atoms with Crippen molar-refractivity contribution in [3.05, 3.63) is 60.1 Å². The van der Waals surface area contributed by atoms with Crippen LogP contribution in [0, 0.1) is 5.92 Å². The number of rotatable bonds is 5. The molecule has 1 aliphatic heterocycles. The number of methoxy groups -OCH3 is 1. The molecule has 0 N–H and O–H groups in total. The molecule has 1 aromatic carbocycles. The maximum atomic E-state index is 5.71. The van der Waals surface area contributed by atoms with Crippen molar-refractivity contribution in [2.24, 2.45) is 5.92 Å². The third-order valence-corrected chi connectivity index (χ3v) is 4.38. The van der Waals surface area contributed by atoms with Gasteiger partial charge in [0, 0.05) is 38.2 Å². The second-order valence-electron chi connectivity index (χ2n) is 5.88. The highest BCUT2D eigenvalue weighted by Gasteiger charge is 2.29. The van der Waals surface area contributed by atoms with Crippen LogP contribution in [0.3, 0.4) is 0 Å². The Morgan fingerprint density at radius 2 is 2.05 bits per heavy atom. The summed E-state index contributed by atoms with van der Waals surface area (Å²) in [6.07, 6.45) is 6.14. The molecular weight excluding hydrogens is 262 g/mol. The molecule has 1 fully saturated rings. The lowest BCUT2D eigenvalue weighted by molar-refractivity contribution is -0.00851. The van der Waals surface area contributed by atoms with Crippen molar-refractivity contribution in [2.75, 3.05) is 20.2 Å². The van der Waals surface area contributed by atoms with Crippen molar-refractivity contribution >= 4 is 0 Å². The summed E-state index contributed by atoms with van der Waals surface area (Å²) < 4.78 is 10.9. The van der Waals surface area contributed by atoms with Crippen LogP contribution in [0.1, 0.15) is 17.5 Å². The summed E-state index contributed by atoms with van der Waals surface area (Å²) in [7, 11) is 1.84. The van der Waals surface area contributed by atoms with Crippen LogP contribution in [-0.2, 0) is 17.7 Å². The Balaban J connectivity index is 1.64. The van der Waals surface area contributed by atoms with Crippen LogP contribution in [0.15, 0.2) is 53.3 Å². The Labute approximate surface area is 126 Å². The molecule has 0 spiro atoms. The molecular formula is C18H23NO2. The van der Waals surface area contributed by atoms with E-state index in [4.69, 9.17) is 9.15 Å². The maximum Gasteiger partial charge on any atom is 0.0947 e. The van der Waals surface area contributed by atoms with Crippen LogP contribution >= 0.6 is 0 Å². The number of hydrogen-bond donors (Lipinski definition) is 0. The van der Waals surface area contributed by atoms with Gasteiger partial charge in [-0.25, -0.2) is 0 Å². The van der Waals surface area contributed by atoms with Gasteiger partial charge in [-0.05, 0) is 24.5 Å². The number of furan rings is 1. The topological polar surface area (TPSA) is 25.6 Å². The van der Waals surface area contributed by atoms with Gasteiger partial charge in [0.15, 0.2) is 0 Å². The first-order chi connectivity index (χ1) is 10.3. The van der Waals surface area contributed by atoms with E-state index in [2.05, 4.69) is 41.3 Å². The van der Waals surface area contributed by atoms with E-state index in [0.29, 0.717) is 12.0 Å². The Morgan fingerprint density at radius 1 is 1.19 bits per heavy atom. The molecule has 0 amide bonds. The zero-order valence-electron chi connectivity index (χ0n) is 12.6. The molecule has 0 radical (unpaired) electrons. The molecule has 1 aliphatic rings. The van der Waals surface area contributed by atoms with Crippen LogP contribution in [0.4, 0.5) is 0 Å². The molecule has 0 unspecified atom stereocenters. The van der Waals surface area contributed by atoms with Gasteiger partial charge in [-0.15, -0.1) is 0 Å². The highest BCUT2D eigenvalue weighted by atomic mass is 16.5. The van der Waals surface area contributed by atoms with E-state index in [0.717, 1.165) is 32.5 Å². The van der Waals surface area contributed by atoms with Gasteiger partial charge < -0.3 is 9.15 Å². The van der Waals surface area contributed by atoms with Crippen molar-refractivity contribution in [1.29, 1.82) is 0 Å². The monoisotopic (exact) mass is 285 g/mol. The number of ether oxygens (including phenoxy) is 1. The molecule has 0 saturated carbocycles. The number of benzene rings is 1. The highest BCUT2D eigenvalue weighted by molar-refractivity contribution is 5.16. The second-order valence-corrected chi connectivity index (χ2v) is 5.88. The lowest BCUT2D eigenvalue weighted by atomic mass is 9.88. The molecule has 0 aliphatic carbocycles. The standard InChI is InChI=1S/C18H23NO2/c1-20-18-7-9-19(12-16-8-10-21-14-16)13-17(18)11-15-5-3-2-4-6-15/h2-6,8,10,14,17-18H,7,9,11-13H2,1H3/t17-,18-/m1/s1. The van der Waals surface area contributed by atoms with Gasteiger partial charge in [-0.3, -0.25) is 4.90 Å². The molecule has 3 heteroatoms. The first-order valence-corrected chi connectivity index (χ1v) is 7.65. The summed E-state index contributed by atoms with van der Waals surface area (Å²) in [5.74, 6) is 0.554. The van der Waals surface area contributed by atoms with E-state index < -0.39 is 0 Å². The van der Waals surface area contributed by atoms with Gasteiger partial charge >= 0.3 is 0 Å². The predicted octanol–water partition coefficient (Wildman–Crippen LogP) is 3.36. The highest BCUT2D eigenvalue weighted by Crippen LogP contribution is 2.24. The molecule has 2 heterocycles. The van der Waals surface area contributed by atoms with E-state index in [1.54, 1.807) is 6.26 Å². The Hall–Kier alpha value is -1.58. The van der Waals surface area contributed by atoms with Crippen molar-refractivity contribution < 1.29 is 9.15 Å². The third-order valence-electron chi connectivity index (χ3n) is 4.38.